The lowest BCUT2D eigenvalue weighted by Crippen LogP contribution is -2.45. The Bertz CT molecular complexity index is 1350. The number of quaternary nitrogens is 1. The topological polar surface area (TPSA) is 105 Å². The van der Waals surface area contributed by atoms with Crippen LogP contribution in [0.2, 0.25) is 0 Å². The first-order valence-electron chi connectivity index (χ1n) is 27.0. The van der Waals surface area contributed by atoms with Crippen LogP contribution in [-0.2, 0) is 18.4 Å². The van der Waals surface area contributed by atoms with Crippen molar-refractivity contribution in [3.05, 3.63) is 85.1 Å². The van der Waals surface area contributed by atoms with Gasteiger partial charge in [0.15, 0.2) is 0 Å². The molecule has 66 heavy (non-hydrogen) atoms. The van der Waals surface area contributed by atoms with Crippen molar-refractivity contribution in [1.82, 2.24) is 5.32 Å². The highest BCUT2D eigenvalue weighted by atomic mass is 31.2. The number of hydrogen-bond acceptors (Lipinski definition) is 5. The van der Waals surface area contributed by atoms with Gasteiger partial charge in [-0.05, 0) is 83.5 Å². The predicted molar refractivity (Wildman–Crippen MR) is 286 cm³/mol. The van der Waals surface area contributed by atoms with E-state index in [0.29, 0.717) is 17.4 Å². The van der Waals surface area contributed by atoms with Crippen LogP contribution in [0.15, 0.2) is 85.1 Å². The summed E-state index contributed by atoms with van der Waals surface area (Å²) in [5.74, 6) is -0.234. The first-order chi connectivity index (χ1) is 32.0. The van der Waals surface area contributed by atoms with Crippen LogP contribution in [-0.4, -0.2) is 73.4 Å². The highest BCUT2D eigenvalue weighted by molar-refractivity contribution is 7.47. The molecule has 3 unspecified atom stereocenters. The lowest BCUT2D eigenvalue weighted by molar-refractivity contribution is -0.870. The van der Waals surface area contributed by atoms with E-state index in [1.54, 1.807) is 6.08 Å². The molecule has 0 aromatic rings. The van der Waals surface area contributed by atoms with Crippen LogP contribution in [0.4, 0.5) is 0 Å². The summed E-state index contributed by atoms with van der Waals surface area (Å²) in [4.78, 5) is 23.2. The first kappa shape index (κ1) is 63.7. The van der Waals surface area contributed by atoms with Crippen LogP contribution in [0.25, 0.3) is 0 Å². The zero-order valence-corrected chi connectivity index (χ0v) is 44.3. The molecule has 0 aliphatic heterocycles. The second-order valence-corrected chi connectivity index (χ2v) is 20.7. The number of likely N-dealkylation sites (N-methyl/N-ethyl adjacent to an activating group) is 1. The van der Waals surface area contributed by atoms with Crippen molar-refractivity contribution in [1.29, 1.82) is 0 Å². The van der Waals surface area contributed by atoms with E-state index in [0.717, 1.165) is 64.2 Å². The number of aliphatic hydroxyl groups is 1. The van der Waals surface area contributed by atoms with Gasteiger partial charge < -0.3 is 19.8 Å². The molecule has 0 bridgehead atoms. The van der Waals surface area contributed by atoms with Crippen LogP contribution in [0.5, 0.6) is 0 Å². The van der Waals surface area contributed by atoms with Crippen molar-refractivity contribution in [2.45, 2.75) is 231 Å². The number of aliphatic hydroxyl groups excluding tert-OH is 1. The molecule has 3 atom stereocenters. The Morgan fingerprint density at radius 2 is 0.924 bits per heavy atom. The van der Waals surface area contributed by atoms with E-state index < -0.39 is 20.0 Å². The van der Waals surface area contributed by atoms with Crippen molar-refractivity contribution >= 4 is 13.7 Å². The van der Waals surface area contributed by atoms with Crippen LogP contribution < -0.4 is 5.32 Å². The molecule has 3 N–H and O–H groups in total. The van der Waals surface area contributed by atoms with Gasteiger partial charge in [0.2, 0.25) is 5.91 Å². The molecule has 0 spiro atoms. The van der Waals surface area contributed by atoms with Gasteiger partial charge in [-0.25, -0.2) is 4.57 Å². The monoisotopic (exact) mass is 944 g/mol. The quantitative estimate of drug-likeness (QED) is 0.0243. The third-order valence-corrected chi connectivity index (χ3v) is 12.6. The zero-order chi connectivity index (χ0) is 48.5. The highest BCUT2D eigenvalue weighted by Crippen LogP contribution is 2.43. The molecular formula is C57H104N2O6P+. The number of carbonyl (C=O) groups excluding carboxylic acids is 1. The van der Waals surface area contributed by atoms with E-state index in [4.69, 9.17) is 9.05 Å². The van der Waals surface area contributed by atoms with E-state index >= 15 is 0 Å². The minimum absolute atomic E-state index is 0.0412. The molecule has 9 heteroatoms. The molecule has 0 aliphatic carbocycles. The molecule has 0 saturated heterocycles. The first-order valence-corrected chi connectivity index (χ1v) is 28.5. The summed E-state index contributed by atoms with van der Waals surface area (Å²) in [6.45, 7) is 4.63. The van der Waals surface area contributed by atoms with Gasteiger partial charge in [0.1, 0.15) is 13.2 Å². The SMILES string of the molecule is CC/C=C\C/C=C\C/C=C\C/C=C\CCCCC(=O)NC(COP(=O)(O)OCC[N+](C)(C)C)C(O)/C=C/CC/C=C/CC/C=C/CCCCCCCCCCCCCCCCCCCCC. The average Bonchev–Trinajstić information content (AvgIpc) is 3.28. The predicted octanol–water partition coefficient (Wildman–Crippen LogP) is 16.1. The van der Waals surface area contributed by atoms with Crippen molar-refractivity contribution in [3.8, 4) is 0 Å². The van der Waals surface area contributed by atoms with Gasteiger partial charge in [-0.1, -0.05) is 214 Å². The van der Waals surface area contributed by atoms with E-state index in [2.05, 4.69) is 92.1 Å². The van der Waals surface area contributed by atoms with Gasteiger partial charge in [0, 0.05) is 6.42 Å². The van der Waals surface area contributed by atoms with Crippen molar-refractivity contribution in [2.75, 3.05) is 40.9 Å². The smallest absolute Gasteiger partial charge is 0.387 e. The maximum Gasteiger partial charge on any atom is 0.472 e. The molecule has 0 heterocycles. The number of amides is 1. The molecule has 0 aromatic heterocycles. The number of nitrogens with zero attached hydrogens (tertiary/aromatic N) is 1. The molecule has 0 fully saturated rings. The van der Waals surface area contributed by atoms with E-state index in [1.165, 1.54) is 128 Å². The number of allylic oxidation sites excluding steroid dienone is 13. The molecule has 1 amide bonds. The zero-order valence-electron chi connectivity index (χ0n) is 43.4. The molecular weight excluding hydrogens is 840 g/mol. The van der Waals surface area contributed by atoms with Gasteiger partial charge in [-0.3, -0.25) is 13.8 Å². The van der Waals surface area contributed by atoms with Gasteiger partial charge >= 0.3 is 7.82 Å². The highest BCUT2D eigenvalue weighted by Gasteiger charge is 2.27. The minimum atomic E-state index is -4.37. The lowest BCUT2D eigenvalue weighted by atomic mass is 10.0. The van der Waals surface area contributed by atoms with E-state index in [1.807, 2.05) is 27.2 Å². The summed E-state index contributed by atoms with van der Waals surface area (Å²) in [6.07, 6.45) is 67.0. The van der Waals surface area contributed by atoms with Gasteiger partial charge in [-0.15, -0.1) is 0 Å². The lowest BCUT2D eigenvalue weighted by Gasteiger charge is -2.25. The van der Waals surface area contributed by atoms with Crippen molar-refractivity contribution in [3.63, 3.8) is 0 Å². The Morgan fingerprint density at radius 3 is 1.39 bits per heavy atom. The van der Waals surface area contributed by atoms with Crippen LogP contribution in [0.3, 0.4) is 0 Å². The summed E-state index contributed by atoms with van der Waals surface area (Å²) in [5.41, 5.74) is 0. The number of hydrogen-bond donors (Lipinski definition) is 3. The summed E-state index contributed by atoms with van der Waals surface area (Å²) in [7, 11) is 1.51. The number of unbranched alkanes of at least 4 members (excludes halogenated alkanes) is 23. The van der Waals surface area contributed by atoms with Crippen LogP contribution in [0.1, 0.15) is 219 Å². The van der Waals surface area contributed by atoms with Gasteiger partial charge in [-0.2, -0.15) is 0 Å². The minimum Gasteiger partial charge on any atom is -0.387 e. The Kier molecular flexibility index (Phi) is 46.1. The van der Waals surface area contributed by atoms with E-state index in [9.17, 15) is 19.4 Å². The number of rotatable bonds is 48. The third-order valence-electron chi connectivity index (χ3n) is 11.6. The Labute approximate surface area is 407 Å². The van der Waals surface area contributed by atoms with Crippen molar-refractivity contribution < 1.29 is 32.9 Å². The Morgan fingerprint density at radius 1 is 0.530 bits per heavy atom. The maximum atomic E-state index is 12.9. The normalized spacial score (nSPS) is 14.7. The van der Waals surface area contributed by atoms with Gasteiger partial charge in [0.05, 0.1) is 39.9 Å². The molecule has 382 valence electrons. The molecule has 0 aliphatic rings. The second-order valence-electron chi connectivity index (χ2n) is 19.2. The van der Waals surface area contributed by atoms with E-state index in [-0.39, 0.29) is 25.5 Å². The third kappa shape index (κ3) is 49.6. The summed E-state index contributed by atoms with van der Waals surface area (Å²) in [5, 5.41) is 13.8. The van der Waals surface area contributed by atoms with Crippen molar-refractivity contribution in [2.24, 2.45) is 0 Å². The number of nitrogens with one attached hydrogen (secondary N) is 1. The standard InChI is InChI=1S/C57H103N2O6P/c1-6-8-10-12-14-16-18-20-22-23-24-25-26-27-28-29-30-31-32-33-34-35-37-38-40-42-44-46-48-50-56(60)55(54-65-66(62,63)64-53-52-59(3,4)5)58-57(61)51-49-47-45-43-41-39-36-21-19-17-15-13-11-9-7-2/h9,11,15,17,21,34-36,40-43,48,50,55-56,60H,6-8,10,12-14,16,18-20,22-33,37-39,44-47,49,51-54H2,1-5H3,(H-,58,61,62,63)/p+1/b11-9-,17-15-,35-34+,36-21-,42-40+,43-41-,50-48+. The fraction of sp³-hybridized carbons (Fsp3) is 0.737. The molecule has 0 radical (unpaired) electrons. The maximum absolute atomic E-state index is 12.9. The number of carbonyl (C=O) groups is 1. The molecule has 0 aromatic carbocycles. The summed E-state index contributed by atoms with van der Waals surface area (Å²) >= 11 is 0. The summed E-state index contributed by atoms with van der Waals surface area (Å²) in [6, 6.07) is -0.897. The van der Waals surface area contributed by atoms with Crippen LogP contribution >= 0.6 is 7.82 Å². The Hall–Kier alpha value is -2.32. The second kappa shape index (κ2) is 47.7. The average molecular weight is 944 g/mol. The molecule has 8 nitrogen and oxygen atoms in total. The molecule has 0 saturated carbocycles. The number of phosphoric ester groups is 1. The fourth-order valence-corrected chi connectivity index (χ4v) is 8.09. The fourth-order valence-electron chi connectivity index (χ4n) is 7.36. The van der Waals surface area contributed by atoms with Crippen LogP contribution in [0, 0.1) is 0 Å². The number of phosphoric acid groups is 1. The van der Waals surface area contributed by atoms with Gasteiger partial charge in [0.25, 0.3) is 0 Å². The largest absolute Gasteiger partial charge is 0.472 e. The molecule has 0 rings (SSSR count). The Balaban J connectivity index is 4.32. The summed E-state index contributed by atoms with van der Waals surface area (Å²) < 4.78 is 23.6.